The van der Waals surface area contributed by atoms with Crippen LogP contribution in [0.5, 0.6) is 0 Å². The topological polar surface area (TPSA) is 54.0 Å². The second-order valence-corrected chi connectivity index (χ2v) is 4.58. The van der Waals surface area contributed by atoms with Gasteiger partial charge < -0.3 is 10.6 Å². The Hall–Kier alpha value is -1.78. The number of hydrogen-bond donors (Lipinski definition) is 2. The standard InChI is InChI=1S/C13H11Cl2N3O/c1-16-9-3-5-12(17-7-9)13(19)18-8-2-4-10(14)11(15)6-8/h2-7,16H,1H3,(H,18,19). The van der Waals surface area contributed by atoms with Gasteiger partial charge in [-0.05, 0) is 30.3 Å². The number of anilines is 2. The highest BCUT2D eigenvalue weighted by Crippen LogP contribution is 2.25. The van der Waals surface area contributed by atoms with Crippen LogP contribution in [0.25, 0.3) is 0 Å². The monoisotopic (exact) mass is 295 g/mol. The number of halogens is 2. The Morgan fingerprint density at radius 1 is 1.11 bits per heavy atom. The highest BCUT2D eigenvalue weighted by molar-refractivity contribution is 6.42. The third-order valence-corrected chi connectivity index (χ3v) is 3.20. The van der Waals surface area contributed by atoms with Crippen molar-refractivity contribution in [3.05, 3.63) is 52.3 Å². The van der Waals surface area contributed by atoms with Gasteiger partial charge in [0.2, 0.25) is 0 Å². The molecular formula is C13H11Cl2N3O. The van der Waals surface area contributed by atoms with Crippen LogP contribution in [0.15, 0.2) is 36.5 Å². The number of carbonyl (C=O) groups excluding carboxylic acids is 1. The van der Waals surface area contributed by atoms with Crippen molar-refractivity contribution in [1.29, 1.82) is 0 Å². The molecule has 2 N–H and O–H groups in total. The van der Waals surface area contributed by atoms with Crippen molar-refractivity contribution in [2.24, 2.45) is 0 Å². The van der Waals surface area contributed by atoms with Gasteiger partial charge in [-0.2, -0.15) is 0 Å². The largest absolute Gasteiger partial charge is 0.387 e. The number of pyridine rings is 1. The molecule has 1 amide bonds. The van der Waals surface area contributed by atoms with Gasteiger partial charge in [-0.15, -0.1) is 0 Å². The Kier molecular flexibility index (Phi) is 4.24. The molecule has 98 valence electrons. The van der Waals surface area contributed by atoms with Gasteiger partial charge in [0.1, 0.15) is 5.69 Å². The van der Waals surface area contributed by atoms with E-state index in [1.165, 1.54) is 0 Å². The summed E-state index contributed by atoms with van der Waals surface area (Å²) in [6.07, 6.45) is 1.59. The van der Waals surface area contributed by atoms with Crippen LogP contribution < -0.4 is 10.6 Å². The highest BCUT2D eigenvalue weighted by atomic mass is 35.5. The van der Waals surface area contributed by atoms with E-state index in [4.69, 9.17) is 23.2 Å². The minimum Gasteiger partial charge on any atom is -0.387 e. The van der Waals surface area contributed by atoms with Gasteiger partial charge >= 0.3 is 0 Å². The van der Waals surface area contributed by atoms with Gasteiger partial charge in [0.25, 0.3) is 5.91 Å². The molecule has 4 nitrogen and oxygen atoms in total. The fraction of sp³-hybridized carbons (Fsp3) is 0.0769. The number of rotatable bonds is 3. The molecule has 0 radical (unpaired) electrons. The summed E-state index contributed by atoms with van der Waals surface area (Å²) in [4.78, 5) is 16.0. The van der Waals surface area contributed by atoms with Crippen LogP contribution in [-0.2, 0) is 0 Å². The van der Waals surface area contributed by atoms with E-state index in [2.05, 4.69) is 15.6 Å². The fourth-order valence-corrected chi connectivity index (χ4v) is 1.74. The van der Waals surface area contributed by atoms with Crippen LogP contribution in [-0.4, -0.2) is 17.9 Å². The normalized spacial score (nSPS) is 10.1. The zero-order valence-electron chi connectivity index (χ0n) is 10.1. The molecule has 0 aliphatic rings. The molecule has 1 heterocycles. The maximum atomic E-state index is 11.9. The number of aromatic nitrogens is 1. The fourth-order valence-electron chi connectivity index (χ4n) is 1.45. The zero-order valence-corrected chi connectivity index (χ0v) is 11.6. The molecule has 19 heavy (non-hydrogen) atoms. The molecule has 1 aromatic carbocycles. The van der Waals surface area contributed by atoms with Gasteiger partial charge in [0.15, 0.2) is 0 Å². The summed E-state index contributed by atoms with van der Waals surface area (Å²) in [7, 11) is 1.78. The second-order valence-electron chi connectivity index (χ2n) is 3.77. The van der Waals surface area contributed by atoms with E-state index < -0.39 is 0 Å². The minimum atomic E-state index is -0.305. The Labute approximate surface area is 120 Å². The van der Waals surface area contributed by atoms with E-state index in [0.29, 0.717) is 21.4 Å². The molecule has 0 aliphatic carbocycles. The number of benzene rings is 1. The first-order valence-corrected chi connectivity index (χ1v) is 6.26. The predicted octanol–water partition coefficient (Wildman–Crippen LogP) is 3.68. The Morgan fingerprint density at radius 2 is 1.84 bits per heavy atom. The Morgan fingerprint density at radius 3 is 2.42 bits per heavy atom. The minimum absolute atomic E-state index is 0.305. The van der Waals surface area contributed by atoms with E-state index in [9.17, 15) is 4.79 Å². The van der Waals surface area contributed by atoms with Gasteiger partial charge in [-0.25, -0.2) is 4.98 Å². The van der Waals surface area contributed by atoms with E-state index >= 15 is 0 Å². The van der Waals surface area contributed by atoms with Crippen LogP contribution in [0.1, 0.15) is 10.5 Å². The average Bonchev–Trinajstić information content (AvgIpc) is 2.43. The Balaban J connectivity index is 2.13. The number of nitrogens with one attached hydrogen (secondary N) is 2. The summed E-state index contributed by atoms with van der Waals surface area (Å²) in [6.45, 7) is 0. The highest BCUT2D eigenvalue weighted by Gasteiger charge is 2.08. The zero-order chi connectivity index (χ0) is 13.8. The molecule has 0 spiro atoms. The van der Waals surface area contributed by atoms with E-state index in [0.717, 1.165) is 5.69 Å². The van der Waals surface area contributed by atoms with Gasteiger partial charge in [-0.1, -0.05) is 23.2 Å². The van der Waals surface area contributed by atoms with Crippen molar-refractivity contribution >= 4 is 40.5 Å². The predicted molar refractivity (Wildman–Crippen MR) is 78.2 cm³/mol. The molecule has 0 fully saturated rings. The first-order valence-electron chi connectivity index (χ1n) is 5.50. The van der Waals surface area contributed by atoms with E-state index in [1.807, 2.05) is 0 Å². The summed E-state index contributed by atoms with van der Waals surface area (Å²) < 4.78 is 0. The summed E-state index contributed by atoms with van der Waals surface area (Å²) in [6, 6.07) is 8.30. The van der Waals surface area contributed by atoms with Crippen molar-refractivity contribution in [3.63, 3.8) is 0 Å². The number of amides is 1. The molecule has 0 unspecified atom stereocenters. The summed E-state index contributed by atoms with van der Waals surface area (Å²) in [5.41, 5.74) is 1.73. The smallest absolute Gasteiger partial charge is 0.274 e. The van der Waals surface area contributed by atoms with Gasteiger partial charge in [0, 0.05) is 12.7 Å². The van der Waals surface area contributed by atoms with Crippen LogP contribution >= 0.6 is 23.2 Å². The quantitative estimate of drug-likeness (QED) is 0.908. The second kappa shape index (κ2) is 5.91. The van der Waals surface area contributed by atoms with Crippen molar-refractivity contribution in [2.75, 3.05) is 17.7 Å². The summed E-state index contributed by atoms with van der Waals surface area (Å²) in [5.74, 6) is -0.305. The lowest BCUT2D eigenvalue weighted by atomic mass is 10.3. The summed E-state index contributed by atoms with van der Waals surface area (Å²) in [5, 5.41) is 6.46. The number of hydrogen-bond acceptors (Lipinski definition) is 3. The van der Waals surface area contributed by atoms with Crippen LogP contribution in [0, 0.1) is 0 Å². The lowest BCUT2D eigenvalue weighted by Crippen LogP contribution is -2.13. The maximum absolute atomic E-state index is 11.9. The molecule has 0 saturated heterocycles. The van der Waals surface area contributed by atoms with E-state index in [-0.39, 0.29) is 5.91 Å². The van der Waals surface area contributed by atoms with E-state index in [1.54, 1.807) is 43.6 Å². The summed E-state index contributed by atoms with van der Waals surface area (Å²) >= 11 is 11.7. The first kappa shape index (κ1) is 13.6. The molecule has 0 bridgehead atoms. The van der Waals surface area contributed by atoms with Gasteiger partial charge in [-0.3, -0.25) is 4.79 Å². The van der Waals surface area contributed by atoms with Crippen LogP contribution in [0.3, 0.4) is 0 Å². The SMILES string of the molecule is CNc1ccc(C(=O)Nc2ccc(Cl)c(Cl)c2)nc1. The molecule has 6 heteroatoms. The van der Waals surface area contributed by atoms with Crippen LogP contribution in [0.4, 0.5) is 11.4 Å². The van der Waals surface area contributed by atoms with Gasteiger partial charge in [0.05, 0.1) is 21.9 Å². The molecule has 0 atom stereocenters. The lowest BCUT2D eigenvalue weighted by Gasteiger charge is -2.06. The average molecular weight is 296 g/mol. The molecule has 1 aromatic heterocycles. The molecular weight excluding hydrogens is 285 g/mol. The lowest BCUT2D eigenvalue weighted by molar-refractivity contribution is 0.102. The van der Waals surface area contributed by atoms with Crippen molar-refractivity contribution in [3.8, 4) is 0 Å². The number of nitrogens with zero attached hydrogens (tertiary/aromatic N) is 1. The van der Waals surface area contributed by atoms with Crippen molar-refractivity contribution in [2.45, 2.75) is 0 Å². The number of carbonyl (C=O) groups is 1. The van der Waals surface area contributed by atoms with Crippen molar-refractivity contribution in [1.82, 2.24) is 4.98 Å². The third-order valence-electron chi connectivity index (χ3n) is 2.46. The molecule has 0 saturated carbocycles. The van der Waals surface area contributed by atoms with Crippen LogP contribution in [0.2, 0.25) is 10.0 Å². The molecule has 2 aromatic rings. The Bertz CT molecular complexity index is 599. The maximum Gasteiger partial charge on any atom is 0.274 e. The third kappa shape index (κ3) is 3.36. The first-order chi connectivity index (χ1) is 9.10. The molecule has 0 aliphatic heterocycles. The van der Waals surface area contributed by atoms with Crippen molar-refractivity contribution < 1.29 is 4.79 Å². The molecule has 2 rings (SSSR count).